The number of aromatic carboxylic acids is 1. The second-order valence-corrected chi connectivity index (χ2v) is 5.14. The Morgan fingerprint density at radius 2 is 2.07 bits per heavy atom. The molecule has 1 aromatic rings. The maximum absolute atomic E-state index is 11.1. The van der Waals surface area contributed by atoms with Crippen LogP contribution in [0.4, 0.5) is 0 Å². The van der Waals surface area contributed by atoms with Crippen LogP contribution in [0.25, 0.3) is 0 Å². The van der Waals surface area contributed by atoms with E-state index in [0.29, 0.717) is 10.9 Å². The van der Waals surface area contributed by atoms with Gasteiger partial charge in [-0.2, -0.15) is 5.10 Å². The topological polar surface area (TPSA) is 55.1 Å². The van der Waals surface area contributed by atoms with Gasteiger partial charge in [0.1, 0.15) is 0 Å². The zero-order valence-corrected chi connectivity index (χ0v) is 10.9. The van der Waals surface area contributed by atoms with Crippen LogP contribution in [0.2, 0.25) is 0 Å². The fourth-order valence-corrected chi connectivity index (χ4v) is 2.04. The lowest BCUT2D eigenvalue weighted by molar-refractivity contribution is 0.0673. The summed E-state index contributed by atoms with van der Waals surface area (Å²) in [6, 6.07) is 0. The molecule has 1 heterocycles. The summed E-state index contributed by atoms with van der Waals surface area (Å²) in [7, 11) is 0. The Hall–Kier alpha value is -0.840. The lowest BCUT2D eigenvalue weighted by Gasteiger charge is -2.20. The lowest BCUT2D eigenvalue weighted by atomic mass is 10.1. The summed E-state index contributed by atoms with van der Waals surface area (Å²) in [5.41, 5.74) is 0.672. The maximum atomic E-state index is 11.1. The molecule has 84 valence electrons. The highest BCUT2D eigenvalue weighted by Crippen LogP contribution is 2.27. The van der Waals surface area contributed by atoms with Gasteiger partial charge in [-0.1, -0.05) is 6.92 Å². The Kier molecular flexibility index (Phi) is 3.23. The standard InChI is InChI=1S/C10H15BrN2O2/c1-5-6-7(11)8(9(14)15)13(12-6)10(2,3)4/h5H2,1-4H3,(H,14,15). The molecule has 0 aliphatic carbocycles. The summed E-state index contributed by atoms with van der Waals surface area (Å²) in [6.45, 7) is 7.74. The molecule has 0 unspecified atom stereocenters. The average molecular weight is 275 g/mol. The summed E-state index contributed by atoms with van der Waals surface area (Å²) in [6.07, 6.45) is 0.712. The molecule has 0 saturated heterocycles. The van der Waals surface area contributed by atoms with Gasteiger partial charge in [-0.05, 0) is 43.1 Å². The predicted octanol–water partition coefficient (Wildman–Crippen LogP) is 2.66. The van der Waals surface area contributed by atoms with Crippen molar-refractivity contribution < 1.29 is 9.90 Å². The number of halogens is 1. The van der Waals surface area contributed by atoms with E-state index < -0.39 is 5.97 Å². The Labute approximate surface area is 97.4 Å². The van der Waals surface area contributed by atoms with E-state index in [1.807, 2.05) is 27.7 Å². The molecule has 0 aliphatic heterocycles. The summed E-state index contributed by atoms with van der Waals surface area (Å²) >= 11 is 3.29. The first kappa shape index (κ1) is 12.2. The molecular formula is C10H15BrN2O2. The Bertz CT molecular complexity index is 391. The van der Waals surface area contributed by atoms with Gasteiger partial charge in [-0.15, -0.1) is 0 Å². The van der Waals surface area contributed by atoms with E-state index in [2.05, 4.69) is 21.0 Å². The average Bonchev–Trinajstić information content (AvgIpc) is 2.41. The van der Waals surface area contributed by atoms with Crippen LogP contribution in [0.3, 0.4) is 0 Å². The highest BCUT2D eigenvalue weighted by atomic mass is 79.9. The number of carbonyl (C=O) groups is 1. The minimum atomic E-state index is -0.955. The third kappa shape index (κ3) is 2.22. The molecule has 1 N–H and O–H groups in total. The van der Waals surface area contributed by atoms with Crippen molar-refractivity contribution in [3.8, 4) is 0 Å². The third-order valence-electron chi connectivity index (χ3n) is 2.07. The first-order chi connectivity index (χ1) is 6.79. The van der Waals surface area contributed by atoms with E-state index in [1.165, 1.54) is 0 Å². The number of aryl methyl sites for hydroxylation is 1. The van der Waals surface area contributed by atoms with Crippen molar-refractivity contribution in [3.63, 3.8) is 0 Å². The number of rotatable bonds is 2. The van der Waals surface area contributed by atoms with Gasteiger partial charge < -0.3 is 5.11 Å². The molecule has 4 nitrogen and oxygen atoms in total. The summed E-state index contributed by atoms with van der Waals surface area (Å²) in [5, 5.41) is 13.4. The first-order valence-electron chi connectivity index (χ1n) is 4.80. The molecule has 1 aromatic heterocycles. The normalized spacial score (nSPS) is 11.8. The molecule has 0 radical (unpaired) electrons. The summed E-state index contributed by atoms with van der Waals surface area (Å²) in [5.74, 6) is -0.955. The van der Waals surface area contributed by atoms with E-state index in [9.17, 15) is 4.79 Å². The Morgan fingerprint density at radius 1 is 1.53 bits per heavy atom. The number of carboxylic acid groups (broad SMARTS) is 1. The largest absolute Gasteiger partial charge is 0.476 e. The molecule has 0 amide bonds. The van der Waals surface area contributed by atoms with Crippen LogP contribution in [0.5, 0.6) is 0 Å². The minimum absolute atomic E-state index is 0.222. The van der Waals surface area contributed by atoms with E-state index in [0.717, 1.165) is 5.69 Å². The number of carboxylic acids is 1. The second kappa shape index (κ2) is 3.96. The van der Waals surface area contributed by atoms with Crippen LogP contribution in [0.15, 0.2) is 4.47 Å². The zero-order chi connectivity index (χ0) is 11.8. The minimum Gasteiger partial charge on any atom is -0.476 e. The lowest BCUT2D eigenvalue weighted by Crippen LogP contribution is -2.27. The molecule has 0 spiro atoms. The van der Waals surface area contributed by atoms with Gasteiger partial charge in [0.25, 0.3) is 0 Å². The van der Waals surface area contributed by atoms with Crippen molar-refractivity contribution in [1.29, 1.82) is 0 Å². The van der Waals surface area contributed by atoms with Crippen LogP contribution in [-0.2, 0) is 12.0 Å². The van der Waals surface area contributed by atoms with Gasteiger partial charge in [0.15, 0.2) is 5.69 Å². The van der Waals surface area contributed by atoms with Gasteiger partial charge in [0.2, 0.25) is 0 Å². The molecule has 5 heteroatoms. The maximum Gasteiger partial charge on any atom is 0.355 e. The van der Waals surface area contributed by atoms with E-state index in [-0.39, 0.29) is 11.2 Å². The van der Waals surface area contributed by atoms with E-state index >= 15 is 0 Å². The zero-order valence-electron chi connectivity index (χ0n) is 9.33. The van der Waals surface area contributed by atoms with Gasteiger partial charge in [-0.25, -0.2) is 4.79 Å². The number of nitrogens with zero attached hydrogens (tertiary/aromatic N) is 2. The number of aromatic nitrogens is 2. The van der Waals surface area contributed by atoms with Crippen LogP contribution in [0.1, 0.15) is 43.9 Å². The Morgan fingerprint density at radius 3 is 2.33 bits per heavy atom. The van der Waals surface area contributed by atoms with Gasteiger partial charge in [-0.3, -0.25) is 4.68 Å². The fraction of sp³-hybridized carbons (Fsp3) is 0.600. The van der Waals surface area contributed by atoms with Crippen molar-refractivity contribution in [2.24, 2.45) is 0 Å². The fourth-order valence-electron chi connectivity index (χ4n) is 1.34. The number of hydrogen-bond donors (Lipinski definition) is 1. The smallest absolute Gasteiger partial charge is 0.355 e. The summed E-state index contributed by atoms with van der Waals surface area (Å²) < 4.78 is 2.14. The molecule has 0 bridgehead atoms. The molecule has 0 fully saturated rings. The van der Waals surface area contributed by atoms with Crippen LogP contribution < -0.4 is 0 Å². The molecule has 0 saturated carbocycles. The molecule has 0 aromatic carbocycles. The van der Waals surface area contributed by atoms with Gasteiger partial charge >= 0.3 is 5.97 Å². The van der Waals surface area contributed by atoms with Crippen molar-refractivity contribution in [2.45, 2.75) is 39.7 Å². The van der Waals surface area contributed by atoms with E-state index in [4.69, 9.17) is 5.11 Å². The molecular weight excluding hydrogens is 260 g/mol. The second-order valence-electron chi connectivity index (χ2n) is 4.35. The number of hydrogen-bond acceptors (Lipinski definition) is 2. The monoisotopic (exact) mass is 274 g/mol. The molecule has 0 atom stereocenters. The van der Waals surface area contributed by atoms with Crippen LogP contribution in [0, 0.1) is 0 Å². The van der Waals surface area contributed by atoms with Crippen LogP contribution >= 0.6 is 15.9 Å². The highest BCUT2D eigenvalue weighted by Gasteiger charge is 2.27. The first-order valence-corrected chi connectivity index (χ1v) is 5.59. The van der Waals surface area contributed by atoms with Gasteiger partial charge in [0, 0.05) is 0 Å². The predicted molar refractivity (Wildman–Crippen MR) is 61.3 cm³/mol. The van der Waals surface area contributed by atoms with Crippen molar-refractivity contribution in [3.05, 3.63) is 15.9 Å². The van der Waals surface area contributed by atoms with Crippen molar-refractivity contribution >= 4 is 21.9 Å². The SMILES string of the molecule is CCc1nn(C(C)(C)C)c(C(=O)O)c1Br. The highest BCUT2D eigenvalue weighted by molar-refractivity contribution is 9.10. The van der Waals surface area contributed by atoms with Crippen molar-refractivity contribution in [2.75, 3.05) is 0 Å². The molecule has 15 heavy (non-hydrogen) atoms. The third-order valence-corrected chi connectivity index (χ3v) is 2.90. The molecule has 0 aliphatic rings. The van der Waals surface area contributed by atoms with E-state index in [1.54, 1.807) is 4.68 Å². The van der Waals surface area contributed by atoms with Crippen LogP contribution in [-0.4, -0.2) is 20.9 Å². The molecule has 1 rings (SSSR count). The van der Waals surface area contributed by atoms with Crippen molar-refractivity contribution in [1.82, 2.24) is 9.78 Å². The quantitative estimate of drug-likeness (QED) is 0.902. The van der Waals surface area contributed by atoms with Gasteiger partial charge in [0.05, 0.1) is 15.7 Å². The summed E-state index contributed by atoms with van der Waals surface area (Å²) in [4.78, 5) is 11.1. The Balaban J connectivity index is 3.45.